The topological polar surface area (TPSA) is 38.2 Å². The highest BCUT2D eigenvalue weighted by Crippen LogP contribution is 2.28. The maximum atomic E-state index is 11.9. The Kier molecular flexibility index (Phi) is 6.22. The van der Waals surface area contributed by atoms with Gasteiger partial charge >= 0.3 is 0 Å². The van der Waals surface area contributed by atoms with E-state index in [-0.39, 0.29) is 6.61 Å². The van der Waals surface area contributed by atoms with Crippen molar-refractivity contribution in [2.75, 3.05) is 45.8 Å². The zero-order valence-electron chi connectivity index (χ0n) is 11.0. The Morgan fingerprint density at radius 3 is 3.16 bits per heavy atom. The Bertz CT molecular complexity index is 425. The van der Waals surface area contributed by atoms with Crippen LogP contribution in [0.15, 0.2) is 11.1 Å². The highest BCUT2D eigenvalue weighted by molar-refractivity contribution is 7.99. The average molecular weight is 303 g/mol. The normalized spacial score (nSPS) is 16.6. The van der Waals surface area contributed by atoms with Gasteiger partial charge in [0.25, 0.3) is 0 Å². The summed E-state index contributed by atoms with van der Waals surface area (Å²) >= 11 is 2.88. The van der Waals surface area contributed by atoms with E-state index in [0.29, 0.717) is 6.61 Å². The predicted molar refractivity (Wildman–Crippen MR) is 77.5 cm³/mol. The Morgan fingerprint density at radius 1 is 1.47 bits per heavy atom. The van der Waals surface area contributed by atoms with Gasteiger partial charge in [-0.2, -0.15) is 8.75 Å². The van der Waals surface area contributed by atoms with E-state index in [1.54, 1.807) is 11.8 Å². The number of alkyl halides is 1. The number of nitrogens with zero attached hydrogens (tertiary/aromatic N) is 3. The van der Waals surface area contributed by atoms with Crippen LogP contribution in [0.3, 0.4) is 0 Å². The van der Waals surface area contributed by atoms with Gasteiger partial charge in [-0.1, -0.05) is 6.08 Å². The van der Waals surface area contributed by atoms with E-state index in [1.807, 2.05) is 0 Å². The fourth-order valence-electron chi connectivity index (χ4n) is 1.89. The number of likely N-dealkylation sites (N-methyl/N-ethyl adjacent to an activating group) is 1. The minimum Gasteiger partial charge on any atom is -0.378 e. The lowest BCUT2D eigenvalue weighted by Crippen LogP contribution is -2.25. The Labute approximate surface area is 121 Å². The van der Waals surface area contributed by atoms with E-state index >= 15 is 0 Å². The summed E-state index contributed by atoms with van der Waals surface area (Å²) in [5.74, 6) is 0.779. The van der Waals surface area contributed by atoms with Crippen LogP contribution in [-0.2, 0) is 4.74 Å². The number of aromatic nitrogens is 2. The van der Waals surface area contributed by atoms with Crippen molar-refractivity contribution in [3.05, 3.63) is 11.8 Å². The molecule has 4 nitrogen and oxygen atoms in total. The van der Waals surface area contributed by atoms with Crippen LogP contribution in [0.2, 0.25) is 0 Å². The molecule has 0 atom stereocenters. The van der Waals surface area contributed by atoms with Gasteiger partial charge < -0.3 is 9.64 Å². The Morgan fingerprint density at radius 2 is 2.37 bits per heavy atom. The molecule has 0 amide bonds. The molecule has 0 radical (unpaired) electrons. The zero-order valence-corrected chi connectivity index (χ0v) is 12.6. The predicted octanol–water partition coefficient (Wildman–Crippen LogP) is 2.34. The van der Waals surface area contributed by atoms with Gasteiger partial charge in [0.05, 0.1) is 24.9 Å². The van der Waals surface area contributed by atoms with Crippen LogP contribution in [-0.4, -0.2) is 59.4 Å². The van der Waals surface area contributed by atoms with Crippen LogP contribution in [0, 0.1) is 0 Å². The zero-order chi connectivity index (χ0) is 13.5. The molecule has 1 aliphatic rings. The van der Waals surface area contributed by atoms with Crippen molar-refractivity contribution in [2.45, 2.75) is 11.4 Å². The highest BCUT2D eigenvalue weighted by Gasteiger charge is 2.17. The first kappa shape index (κ1) is 14.9. The molecule has 0 aromatic carbocycles. The van der Waals surface area contributed by atoms with Gasteiger partial charge in [-0.15, -0.1) is 11.8 Å². The number of hydrogen-bond acceptors (Lipinski definition) is 6. The number of hydrogen-bond donors (Lipinski definition) is 0. The third-order valence-corrected chi connectivity index (χ3v) is 4.37. The molecule has 0 bridgehead atoms. The van der Waals surface area contributed by atoms with Crippen molar-refractivity contribution in [1.82, 2.24) is 13.6 Å². The molecular formula is C12H18FN3OS2. The molecule has 1 aliphatic heterocycles. The molecule has 0 aliphatic carbocycles. The van der Waals surface area contributed by atoms with Crippen LogP contribution in [0.1, 0.15) is 12.1 Å². The van der Waals surface area contributed by atoms with Crippen LogP contribution in [0.25, 0.3) is 5.57 Å². The van der Waals surface area contributed by atoms with Gasteiger partial charge in [-0.05, 0) is 19.0 Å². The molecule has 0 spiro atoms. The summed E-state index contributed by atoms with van der Waals surface area (Å²) in [6.07, 6.45) is 3.31. The van der Waals surface area contributed by atoms with Gasteiger partial charge in [0.1, 0.15) is 17.4 Å². The summed E-state index contributed by atoms with van der Waals surface area (Å²) in [5.41, 5.74) is 2.27. The van der Waals surface area contributed by atoms with E-state index < -0.39 is 6.67 Å². The van der Waals surface area contributed by atoms with E-state index in [1.165, 1.54) is 17.3 Å². The summed E-state index contributed by atoms with van der Waals surface area (Å²) in [7, 11) is 2.12. The van der Waals surface area contributed by atoms with Crippen molar-refractivity contribution in [1.29, 1.82) is 0 Å². The largest absolute Gasteiger partial charge is 0.378 e. The Hall–Kier alpha value is -0.500. The Balaban J connectivity index is 1.88. The van der Waals surface area contributed by atoms with Crippen LogP contribution in [0.5, 0.6) is 0 Å². The fourth-order valence-corrected chi connectivity index (χ4v) is 3.45. The van der Waals surface area contributed by atoms with Gasteiger partial charge in [0, 0.05) is 18.8 Å². The smallest absolute Gasteiger partial charge is 0.138 e. The number of thioether (sulfide) groups is 1. The maximum Gasteiger partial charge on any atom is 0.138 e. The molecule has 1 aromatic rings. The van der Waals surface area contributed by atoms with Crippen molar-refractivity contribution < 1.29 is 9.13 Å². The first-order valence-electron chi connectivity index (χ1n) is 6.28. The van der Waals surface area contributed by atoms with Crippen molar-refractivity contribution in [2.24, 2.45) is 0 Å². The molecule has 0 N–H and O–H groups in total. The summed E-state index contributed by atoms with van der Waals surface area (Å²) in [6, 6.07) is 0. The lowest BCUT2D eigenvalue weighted by molar-refractivity contribution is 0.133. The molecule has 1 aromatic heterocycles. The molecule has 106 valence electrons. The van der Waals surface area contributed by atoms with Gasteiger partial charge in [-0.25, -0.2) is 4.39 Å². The second kappa shape index (κ2) is 7.94. The molecule has 0 fully saturated rings. The van der Waals surface area contributed by atoms with E-state index in [0.717, 1.165) is 36.0 Å². The molecule has 19 heavy (non-hydrogen) atoms. The lowest BCUT2D eigenvalue weighted by Gasteiger charge is -2.22. The lowest BCUT2D eigenvalue weighted by atomic mass is 10.1. The van der Waals surface area contributed by atoms with Crippen molar-refractivity contribution >= 4 is 29.1 Å². The summed E-state index contributed by atoms with van der Waals surface area (Å²) < 4.78 is 25.7. The van der Waals surface area contributed by atoms with Gasteiger partial charge in [0.2, 0.25) is 0 Å². The monoisotopic (exact) mass is 303 g/mol. The van der Waals surface area contributed by atoms with Crippen molar-refractivity contribution in [3.63, 3.8) is 0 Å². The second-order valence-electron chi connectivity index (χ2n) is 4.32. The number of ether oxygens (including phenoxy) is 1. The quantitative estimate of drug-likeness (QED) is 0.571. The summed E-state index contributed by atoms with van der Waals surface area (Å²) in [5, 5.41) is 0.968. The molecule has 2 heterocycles. The van der Waals surface area contributed by atoms with Gasteiger partial charge in [-0.3, -0.25) is 0 Å². The molecule has 2 rings (SSSR count). The van der Waals surface area contributed by atoms with Gasteiger partial charge in [0.15, 0.2) is 0 Å². The first-order chi connectivity index (χ1) is 9.31. The standard InChI is InChI=1S/C12H18FN3OS2/c1-16-5-2-3-10(9-16)11-12(15-19-14-11)18-8-7-17-6-4-13/h3H,2,4-9H2,1H3. The van der Waals surface area contributed by atoms with E-state index in [9.17, 15) is 4.39 Å². The molecular weight excluding hydrogens is 285 g/mol. The minimum absolute atomic E-state index is 0.179. The van der Waals surface area contributed by atoms with Crippen LogP contribution >= 0.6 is 23.5 Å². The molecule has 0 saturated heterocycles. The average Bonchev–Trinajstić information content (AvgIpc) is 2.87. The maximum absolute atomic E-state index is 11.9. The van der Waals surface area contributed by atoms with E-state index in [4.69, 9.17) is 4.74 Å². The third kappa shape index (κ3) is 4.52. The highest BCUT2D eigenvalue weighted by atomic mass is 32.2. The minimum atomic E-state index is -0.423. The summed E-state index contributed by atoms with van der Waals surface area (Å²) in [6.45, 7) is 2.33. The number of halogens is 1. The molecule has 0 saturated carbocycles. The second-order valence-corrected chi connectivity index (χ2v) is 5.94. The first-order valence-corrected chi connectivity index (χ1v) is 8.00. The molecule has 0 unspecified atom stereocenters. The van der Waals surface area contributed by atoms with Crippen molar-refractivity contribution in [3.8, 4) is 0 Å². The number of rotatable bonds is 7. The van der Waals surface area contributed by atoms with Crippen LogP contribution in [0.4, 0.5) is 4.39 Å². The van der Waals surface area contributed by atoms with E-state index in [2.05, 4.69) is 26.8 Å². The molecule has 7 heteroatoms. The van der Waals surface area contributed by atoms with Crippen LogP contribution < -0.4 is 0 Å². The summed E-state index contributed by atoms with van der Waals surface area (Å²) in [4.78, 5) is 2.29. The fraction of sp³-hybridized carbons (Fsp3) is 0.667. The third-order valence-electron chi connectivity index (χ3n) is 2.79. The SMILES string of the molecule is CN1CCC=C(c2nsnc2SCCOCCF)C1.